The number of sulfonamides is 1. The van der Waals surface area contributed by atoms with Gasteiger partial charge in [-0.2, -0.15) is 0 Å². The molecule has 0 spiro atoms. The number of anilines is 1. The van der Waals surface area contributed by atoms with Gasteiger partial charge in [0.2, 0.25) is 5.91 Å². The molecule has 0 saturated carbocycles. The van der Waals surface area contributed by atoms with E-state index in [4.69, 9.17) is 0 Å². The minimum absolute atomic E-state index is 0.0332. The van der Waals surface area contributed by atoms with Crippen molar-refractivity contribution in [2.75, 3.05) is 11.9 Å². The molecule has 3 amide bonds. The molecule has 0 radical (unpaired) electrons. The average Bonchev–Trinajstić information content (AvgIpc) is 3.16. The van der Waals surface area contributed by atoms with Crippen molar-refractivity contribution in [3.63, 3.8) is 0 Å². The van der Waals surface area contributed by atoms with Crippen LogP contribution in [0, 0.1) is 0 Å². The van der Waals surface area contributed by atoms with Gasteiger partial charge in [-0.15, -0.1) is 8.78 Å². The van der Waals surface area contributed by atoms with E-state index < -0.39 is 34.3 Å². The van der Waals surface area contributed by atoms with Gasteiger partial charge in [0, 0.05) is 25.2 Å². The Balaban J connectivity index is 1.54. The highest BCUT2D eigenvalue weighted by Crippen LogP contribution is 2.42. The van der Waals surface area contributed by atoms with E-state index in [-0.39, 0.29) is 28.5 Å². The highest BCUT2D eigenvalue weighted by molar-refractivity contribution is 7.90. The van der Waals surface area contributed by atoms with E-state index in [1.165, 1.54) is 49.5 Å². The third-order valence-corrected chi connectivity index (χ3v) is 6.62. The van der Waals surface area contributed by atoms with Gasteiger partial charge in [0.15, 0.2) is 11.5 Å². The van der Waals surface area contributed by atoms with E-state index in [1.807, 2.05) is 4.72 Å². The minimum Gasteiger partial charge on any atom is -0.395 e. The van der Waals surface area contributed by atoms with Crippen molar-refractivity contribution in [3.8, 4) is 11.5 Å². The number of ether oxygens (including phenoxy) is 2. The molecule has 2 N–H and O–H groups in total. The number of hydrogen-bond acceptors (Lipinski definition) is 6. The second kappa shape index (κ2) is 9.82. The molecule has 9 nitrogen and oxygen atoms in total. The van der Waals surface area contributed by atoms with Gasteiger partial charge in [-0.3, -0.25) is 4.79 Å². The van der Waals surface area contributed by atoms with Gasteiger partial charge in [-0.25, -0.2) is 17.9 Å². The largest absolute Gasteiger partial charge is 0.586 e. The maximum absolute atomic E-state index is 13.4. The van der Waals surface area contributed by atoms with E-state index in [2.05, 4.69) is 14.8 Å². The predicted octanol–water partition coefficient (Wildman–Crippen LogP) is 3.27. The molecule has 4 rings (SSSR count). The maximum Gasteiger partial charge on any atom is 0.586 e. The summed E-state index contributed by atoms with van der Waals surface area (Å²) >= 11 is 0. The van der Waals surface area contributed by atoms with E-state index >= 15 is 0 Å². The number of fused-ring (bicyclic) bond motifs is 1. The Hall–Kier alpha value is -4.19. The van der Waals surface area contributed by atoms with Crippen LogP contribution in [-0.2, 0) is 21.2 Å². The number of urea groups is 1. The number of nitrogens with one attached hydrogen (secondary N) is 2. The number of carbonyl (C=O) groups is 2. The minimum atomic E-state index is -4.18. The van der Waals surface area contributed by atoms with E-state index in [0.29, 0.717) is 5.56 Å². The number of benzene rings is 3. The lowest BCUT2D eigenvalue weighted by atomic mass is 10.0. The Morgan fingerprint density at radius 2 is 1.56 bits per heavy atom. The molecule has 1 atom stereocenters. The van der Waals surface area contributed by atoms with E-state index in [0.717, 1.165) is 4.90 Å². The van der Waals surface area contributed by atoms with Crippen LogP contribution in [0.1, 0.15) is 5.56 Å². The van der Waals surface area contributed by atoms with Gasteiger partial charge in [-0.1, -0.05) is 48.5 Å². The molecule has 0 unspecified atom stereocenters. The van der Waals surface area contributed by atoms with E-state index in [1.54, 1.807) is 36.4 Å². The summed E-state index contributed by atoms with van der Waals surface area (Å²) in [6.45, 7) is 0. The fourth-order valence-electron chi connectivity index (χ4n) is 3.53. The third-order valence-electron chi connectivity index (χ3n) is 5.27. The quantitative estimate of drug-likeness (QED) is 0.497. The van der Waals surface area contributed by atoms with Gasteiger partial charge in [0.25, 0.3) is 10.0 Å². The van der Waals surface area contributed by atoms with Crippen LogP contribution in [0.4, 0.5) is 19.3 Å². The third kappa shape index (κ3) is 5.71. The second-order valence-electron chi connectivity index (χ2n) is 7.83. The molecule has 1 aliphatic rings. The average molecular weight is 518 g/mol. The van der Waals surface area contributed by atoms with Gasteiger partial charge in [0.1, 0.15) is 6.04 Å². The zero-order chi connectivity index (χ0) is 25.9. The molecule has 1 aliphatic heterocycles. The van der Waals surface area contributed by atoms with Crippen molar-refractivity contribution < 1.29 is 36.3 Å². The summed E-state index contributed by atoms with van der Waals surface area (Å²) in [4.78, 5) is 27.0. The van der Waals surface area contributed by atoms with Crippen LogP contribution in [0.15, 0.2) is 83.8 Å². The lowest BCUT2D eigenvalue weighted by Gasteiger charge is -2.25. The fraction of sp³-hybridized carbons (Fsp3) is 0.167. The lowest BCUT2D eigenvalue weighted by molar-refractivity contribution is -0.286. The topological polar surface area (TPSA) is 114 Å². The van der Waals surface area contributed by atoms with Crippen molar-refractivity contribution in [2.45, 2.75) is 23.7 Å². The summed E-state index contributed by atoms with van der Waals surface area (Å²) in [7, 11) is -2.80. The number of amides is 3. The summed E-state index contributed by atoms with van der Waals surface area (Å²) in [5.41, 5.74) is 0.887. The molecule has 1 heterocycles. The van der Waals surface area contributed by atoms with Crippen LogP contribution in [0.5, 0.6) is 11.5 Å². The van der Waals surface area contributed by atoms with Crippen molar-refractivity contribution in [2.24, 2.45) is 0 Å². The molecule has 3 aromatic rings. The fourth-order valence-corrected chi connectivity index (χ4v) is 4.46. The molecule has 188 valence electrons. The molecule has 0 saturated heterocycles. The van der Waals surface area contributed by atoms with Crippen molar-refractivity contribution in [3.05, 3.63) is 84.4 Å². The van der Waals surface area contributed by atoms with Crippen LogP contribution in [-0.4, -0.2) is 39.7 Å². The summed E-state index contributed by atoms with van der Waals surface area (Å²) < 4.78 is 62.5. The summed E-state index contributed by atoms with van der Waals surface area (Å²) in [6, 6.07) is 17.5. The van der Waals surface area contributed by atoms with E-state index in [9.17, 15) is 26.8 Å². The summed E-state index contributed by atoms with van der Waals surface area (Å²) in [5.74, 6) is -1.07. The van der Waals surface area contributed by atoms with Gasteiger partial charge < -0.3 is 19.7 Å². The molecule has 0 bridgehead atoms. The zero-order valence-corrected chi connectivity index (χ0v) is 19.7. The molecule has 36 heavy (non-hydrogen) atoms. The monoisotopic (exact) mass is 517 g/mol. The Kier molecular flexibility index (Phi) is 6.80. The van der Waals surface area contributed by atoms with Crippen LogP contribution in [0.25, 0.3) is 0 Å². The molecule has 0 fully saturated rings. The first kappa shape index (κ1) is 24.9. The van der Waals surface area contributed by atoms with Gasteiger partial charge >= 0.3 is 12.3 Å². The van der Waals surface area contributed by atoms with Crippen molar-refractivity contribution in [1.29, 1.82) is 0 Å². The number of likely N-dealkylation sites (N-methyl/N-ethyl adjacent to an activating group) is 1. The van der Waals surface area contributed by atoms with Crippen molar-refractivity contribution in [1.82, 2.24) is 10.0 Å². The molecular weight excluding hydrogens is 496 g/mol. The standard InChI is InChI=1S/C24H21F2N3O6S/c1-29(17-12-13-20-21(15-17)35-24(25,26)34-20)22(30)19(14-16-8-4-2-5-9-16)27-23(31)28-36(32,33)18-10-6-3-7-11-18/h2-13,15,19H,14H2,1H3,(H2,27,28,31)/t19-/m0/s1. The zero-order valence-electron chi connectivity index (χ0n) is 18.9. The Morgan fingerprint density at radius 1 is 0.944 bits per heavy atom. The molecule has 3 aromatic carbocycles. The predicted molar refractivity (Wildman–Crippen MR) is 125 cm³/mol. The van der Waals surface area contributed by atoms with Crippen LogP contribution in [0.3, 0.4) is 0 Å². The number of alkyl halides is 2. The smallest absolute Gasteiger partial charge is 0.395 e. The molecular formula is C24H21F2N3O6S. The van der Waals surface area contributed by atoms with Crippen LogP contribution in [0.2, 0.25) is 0 Å². The van der Waals surface area contributed by atoms with Crippen molar-refractivity contribution >= 4 is 27.6 Å². The molecule has 0 aromatic heterocycles. The Morgan fingerprint density at radius 3 is 2.22 bits per heavy atom. The maximum atomic E-state index is 13.4. The molecule has 12 heteroatoms. The van der Waals surface area contributed by atoms with Gasteiger partial charge in [0.05, 0.1) is 4.90 Å². The number of carbonyl (C=O) groups excluding carboxylic acids is 2. The summed E-state index contributed by atoms with van der Waals surface area (Å²) in [6.07, 6.45) is -3.78. The highest BCUT2D eigenvalue weighted by atomic mass is 32.2. The highest BCUT2D eigenvalue weighted by Gasteiger charge is 2.43. The Bertz CT molecular complexity index is 1370. The number of hydrogen-bond donors (Lipinski definition) is 2. The number of halogens is 2. The summed E-state index contributed by atoms with van der Waals surface area (Å²) in [5, 5.41) is 2.41. The SMILES string of the molecule is CN(C(=O)[C@H](Cc1ccccc1)NC(=O)NS(=O)(=O)c1ccccc1)c1ccc2c(c1)OC(F)(F)O2. The van der Waals surface area contributed by atoms with Crippen LogP contribution < -0.4 is 24.4 Å². The lowest BCUT2D eigenvalue weighted by Crippen LogP contribution is -2.52. The Labute approximate surface area is 205 Å². The normalized spacial score (nSPS) is 14.5. The van der Waals surface area contributed by atoms with Gasteiger partial charge in [-0.05, 0) is 29.8 Å². The van der Waals surface area contributed by atoms with Crippen LogP contribution >= 0.6 is 0 Å². The first-order chi connectivity index (χ1) is 17.0. The first-order valence-electron chi connectivity index (χ1n) is 10.6. The second-order valence-corrected chi connectivity index (χ2v) is 9.51. The number of nitrogens with zero attached hydrogens (tertiary/aromatic N) is 1. The molecule has 0 aliphatic carbocycles. The first-order valence-corrected chi connectivity index (χ1v) is 12.1. The number of rotatable bonds is 7.